The van der Waals surface area contributed by atoms with E-state index in [9.17, 15) is 19.2 Å². The molecule has 1 saturated heterocycles. The van der Waals surface area contributed by atoms with Crippen molar-refractivity contribution in [3.05, 3.63) is 23.4 Å². The largest absolute Gasteiger partial charge is 0.464 e. The van der Waals surface area contributed by atoms with Crippen molar-refractivity contribution >= 4 is 46.6 Å². The van der Waals surface area contributed by atoms with E-state index in [-0.39, 0.29) is 34.6 Å². The zero-order valence-corrected chi connectivity index (χ0v) is 20.6. The summed E-state index contributed by atoms with van der Waals surface area (Å²) >= 11 is 6.33. The maximum atomic E-state index is 11.9. The SMILES string of the molecule is COC(=O)c1cn(-c2nc(Cl)c3ncn([C@@H]4O[C@H](COC(C)=O)[C@@H](OC(C)=O)[C@H]4OC(C)=O)c3n2)nn1. The van der Waals surface area contributed by atoms with Crippen LogP contribution < -0.4 is 0 Å². The third-order valence-electron chi connectivity index (χ3n) is 5.07. The number of carbonyl (C=O) groups is 4. The smallest absolute Gasteiger partial charge is 0.360 e. The molecule has 4 atom stereocenters. The molecular weight excluding hydrogens is 518 g/mol. The van der Waals surface area contributed by atoms with Crippen LogP contribution in [0.1, 0.15) is 37.5 Å². The van der Waals surface area contributed by atoms with Gasteiger partial charge >= 0.3 is 23.9 Å². The summed E-state index contributed by atoms with van der Waals surface area (Å²) in [7, 11) is 1.19. The van der Waals surface area contributed by atoms with Gasteiger partial charge in [-0.25, -0.2) is 9.78 Å². The van der Waals surface area contributed by atoms with Gasteiger partial charge in [-0.2, -0.15) is 14.6 Å². The van der Waals surface area contributed by atoms with E-state index in [0.717, 1.165) is 4.68 Å². The zero-order chi connectivity index (χ0) is 26.9. The number of aromatic nitrogens is 7. The Kier molecular flexibility index (Phi) is 7.30. The lowest BCUT2D eigenvalue weighted by Crippen LogP contribution is -2.40. The molecule has 4 heterocycles. The standard InChI is InChI=1S/C20H20ClN7O9/c1-8(29)34-6-12-14(35-9(2)30)15(36-10(3)31)18(37-12)27-7-22-13-16(21)23-20(24-17(13)27)28-5-11(25-26-28)19(32)33-4/h5,7,12,14-15,18H,6H2,1-4H3/t12-,14-,15-,18-/m1/s1. The van der Waals surface area contributed by atoms with Gasteiger partial charge in [-0.3, -0.25) is 19.0 Å². The van der Waals surface area contributed by atoms with Gasteiger partial charge in [0.05, 0.1) is 19.6 Å². The first-order valence-electron chi connectivity index (χ1n) is 10.6. The number of carbonyl (C=O) groups excluding carboxylic acids is 4. The highest BCUT2D eigenvalue weighted by atomic mass is 35.5. The molecule has 0 N–H and O–H groups in total. The Bertz CT molecular complexity index is 1370. The van der Waals surface area contributed by atoms with Gasteiger partial charge in [0.15, 0.2) is 34.9 Å². The van der Waals surface area contributed by atoms with Crippen LogP contribution in [0.15, 0.2) is 12.5 Å². The minimum Gasteiger partial charge on any atom is -0.464 e. The van der Waals surface area contributed by atoms with Crippen molar-refractivity contribution in [3.63, 3.8) is 0 Å². The predicted molar refractivity (Wildman–Crippen MR) is 118 cm³/mol. The number of halogens is 1. The summed E-state index contributed by atoms with van der Waals surface area (Å²) in [5.74, 6) is -2.73. The van der Waals surface area contributed by atoms with Gasteiger partial charge in [-0.1, -0.05) is 16.8 Å². The first kappa shape index (κ1) is 25.9. The van der Waals surface area contributed by atoms with Gasteiger partial charge in [-0.15, -0.1) is 5.10 Å². The van der Waals surface area contributed by atoms with E-state index in [4.69, 9.17) is 30.5 Å². The fourth-order valence-electron chi connectivity index (χ4n) is 3.64. The van der Waals surface area contributed by atoms with E-state index in [1.54, 1.807) is 0 Å². The zero-order valence-electron chi connectivity index (χ0n) is 19.9. The van der Waals surface area contributed by atoms with Crippen LogP contribution in [0.3, 0.4) is 0 Å². The third kappa shape index (κ3) is 5.34. The first-order valence-corrected chi connectivity index (χ1v) is 11.0. The average molecular weight is 538 g/mol. The van der Waals surface area contributed by atoms with Gasteiger partial charge < -0.3 is 23.7 Å². The second kappa shape index (κ2) is 10.4. The summed E-state index contributed by atoms with van der Waals surface area (Å²) in [5.41, 5.74) is 0.195. The Hall–Kier alpha value is -4.18. The molecule has 0 aromatic carbocycles. The van der Waals surface area contributed by atoms with Crippen molar-refractivity contribution < 1.29 is 42.9 Å². The van der Waals surface area contributed by atoms with E-state index in [0.29, 0.717) is 0 Å². The van der Waals surface area contributed by atoms with Crippen LogP contribution in [0, 0.1) is 0 Å². The summed E-state index contributed by atoms with van der Waals surface area (Å²) in [6.07, 6.45) is -1.86. The summed E-state index contributed by atoms with van der Waals surface area (Å²) in [6.45, 7) is 3.27. The molecule has 0 bridgehead atoms. The Morgan fingerprint density at radius 2 is 1.76 bits per heavy atom. The summed E-state index contributed by atoms with van der Waals surface area (Å²) in [6, 6.07) is 0. The van der Waals surface area contributed by atoms with E-state index in [2.05, 4.69) is 30.0 Å². The maximum absolute atomic E-state index is 11.9. The molecule has 0 unspecified atom stereocenters. The molecule has 16 nitrogen and oxygen atoms in total. The Morgan fingerprint density at radius 1 is 1.05 bits per heavy atom. The predicted octanol–water partition coefficient (Wildman–Crippen LogP) is 0.171. The Labute approximate surface area is 212 Å². The monoisotopic (exact) mass is 537 g/mol. The number of hydrogen-bond acceptors (Lipinski definition) is 14. The van der Waals surface area contributed by atoms with Gasteiger partial charge in [0.25, 0.3) is 5.95 Å². The van der Waals surface area contributed by atoms with Crippen LogP contribution in [0.2, 0.25) is 5.15 Å². The van der Waals surface area contributed by atoms with Crippen LogP contribution >= 0.6 is 11.6 Å². The highest BCUT2D eigenvalue weighted by molar-refractivity contribution is 6.33. The minimum absolute atomic E-state index is 0.0658. The molecule has 0 saturated carbocycles. The van der Waals surface area contributed by atoms with Gasteiger partial charge in [0, 0.05) is 20.8 Å². The van der Waals surface area contributed by atoms with Crippen molar-refractivity contribution in [2.45, 2.75) is 45.3 Å². The minimum atomic E-state index is -1.17. The van der Waals surface area contributed by atoms with Crippen molar-refractivity contribution in [1.29, 1.82) is 0 Å². The normalized spacial score (nSPS) is 21.0. The van der Waals surface area contributed by atoms with Crippen molar-refractivity contribution in [3.8, 4) is 5.95 Å². The summed E-state index contributed by atoms with van der Waals surface area (Å²) < 4.78 is 29.0. The second-order valence-electron chi connectivity index (χ2n) is 7.69. The molecule has 0 amide bonds. The van der Waals surface area contributed by atoms with Crippen LogP contribution in [0.5, 0.6) is 0 Å². The molecule has 17 heteroatoms. The first-order chi connectivity index (χ1) is 17.6. The molecule has 37 heavy (non-hydrogen) atoms. The number of ether oxygens (including phenoxy) is 5. The molecule has 1 fully saturated rings. The molecular formula is C20H20ClN7O9. The number of nitrogens with zero attached hydrogens (tertiary/aromatic N) is 7. The fraction of sp³-hybridized carbons (Fsp3) is 0.450. The van der Waals surface area contributed by atoms with E-state index in [1.807, 2.05) is 0 Å². The highest BCUT2D eigenvalue weighted by Gasteiger charge is 2.51. The fourth-order valence-corrected chi connectivity index (χ4v) is 3.85. The Morgan fingerprint density at radius 3 is 2.41 bits per heavy atom. The van der Waals surface area contributed by atoms with E-state index in [1.165, 1.54) is 45.0 Å². The van der Waals surface area contributed by atoms with Crippen molar-refractivity contribution in [2.75, 3.05) is 13.7 Å². The molecule has 1 aliphatic rings. The third-order valence-corrected chi connectivity index (χ3v) is 5.34. The molecule has 3 aromatic heterocycles. The van der Waals surface area contributed by atoms with Gasteiger partial charge in [0.1, 0.15) is 18.2 Å². The summed E-state index contributed by atoms with van der Waals surface area (Å²) in [5, 5.41) is 7.46. The molecule has 0 spiro atoms. The molecule has 0 radical (unpaired) electrons. The van der Waals surface area contributed by atoms with Crippen molar-refractivity contribution in [2.24, 2.45) is 0 Å². The lowest BCUT2D eigenvalue weighted by Gasteiger charge is -2.23. The van der Waals surface area contributed by atoms with E-state index < -0.39 is 48.4 Å². The maximum Gasteiger partial charge on any atom is 0.360 e. The lowest BCUT2D eigenvalue weighted by atomic mass is 10.1. The second-order valence-corrected chi connectivity index (χ2v) is 8.05. The van der Waals surface area contributed by atoms with Crippen LogP contribution in [-0.2, 0) is 38.1 Å². The molecule has 1 aliphatic heterocycles. The number of hydrogen-bond donors (Lipinski definition) is 0. The topological polar surface area (TPSA) is 189 Å². The van der Waals surface area contributed by atoms with Gasteiger partial charge in [-0.05, 0) is 0 Å². The summed E-state index contributed by atoms with van der Waals surface area (Å²) in [4.78, 5) is 59.6. The number of fused-ring (bicyclic) bond motifs is 1. The molecule has 4 rings (SSSR count). The lowest BCUT2D eigenvalue weighted by molar-refractivity contribution is -0.166. The Balaban J connectivity index is 1.77. The quantitative estimate of drug-likeness (QED) is 0.225. The van der Waals surface area contributed by atoms with Crippen LogP contribution in [0.4, 0.5) is 0 Å². The highest BCUT2D eigenvalue weighted by Crippen LogP contribution is 2.36. The number of rotatable bonds is 7. The van der Waals surface area contributed by atoms with Crippen LogP contribution in [-0.4, -0.2) is 90.4 Å². The molecule has 0 aliphatic carbocycles. The van der Waals surface area contributed by atoms with Gasteiger partial charge in [0.2, 0.25) is 0 Å². The molecule has 3 aromatic rings. The van der Waals surface area contributed by atoms with Crippen LogP contribution in [0.25, 0.3) is 17.1 Å². The number of imidazole rings is 1. The average Bonchev–Trinajstić information content (AvgIpc) is 3.55. The molecule has 196 valence electrons. The van der Waals surface area contributed by atoms with E-state index >= 15 is 0 Å². The number of esters is 4. The van der Waals surface area contributed by atoms with Crippen molar-refractivity contribution in [1.82, 2.24) is 34.5 Å². The number of methoxy groups -OCH3 is 1.